The lowest BCUT2D eigenvalue weighted by Gasteiger charge is -2.25. The topological polar surface area (TPSA) is 84.7 Å². The van der Waals surface area contributed by atoms with Crippen molar-refractivity contribution in [2.75, 3.05) is 13.7 Å². The van der Waals surface area contributed by atoms with Gasteiger partial charge in [0.25, 0.3) is 5.91 Å². The van der Waals surface area contributed by atoms with E-state index < -0.39 is 6.03 Å². The van der Waals surface area contributed by atoms with Gasteiger partial charge in [0.1, 0.15) is 5.75 Å². The lowest BCUT2D eigenvalue weighted by molar-refractivity contribution is 0.0735. The van der Waals surface area contributed by atoms with E-state index >= 15 is 0 Å². The molecule has 2 aromatic carbocycles. The summed E-state index contributed by atoms with van der Waals surface area (Å²) in [5.41, 5.74) is 7.74. The van der Waals surface area contributed by atoms with Crippen LogP contribution >= 0.6 is 0 Å². The normalized spacial score (nSPS) is 16.3. The molecular weight excluding hydrogens is 330 g/mol. The van der Waals surface area contributed by atoms with Gasteiger partial charge in [-0.15, -0.1) is 0 Å². The van der Waals surface area contributed by atoms with Gasteiger partial charge in [-0.3, -0.25) is 4.79 Å². The second kappa shape index (κ2) is 7.91. The maximum atomic E-state index is 12.9. The number of nitrogens with two attached hydrogens (primary N) is 1. The average Bonchev–Trinajstić information content (AvgIpc) is 3.16. The van der Waals surface area contributed by atoms with Crippen LogP contribution in [0.15, 0.2) is 48.5 Å². The summed E-state index contributed by atoms with van der Waals surface area (Å²) in [5.74, 6) is 0.836. The van der Waals surface area contributed by atoms with Crippen molar-refractivity contribution in [3.8, 4) is 5.75 Å². The largest absolute Gasteiger partial charge is 0.497 e. The van der Waals surface area contributed by atoms with E-state index in [1.165, 1.54) is 0 Å². The Balaban J connectivity index is 1.72. The molecule has 6 nitrogen and oxygen atoms in total. The summed E-state index contributed by atoms with van der Waals surface area (Å²) in [6.45, 7) is 1.10. The summed E-state index contributed by atoms with van der Waals surface area (Å²) in [5, 5.41) is 2.54. The van der Waals surface area contributed by atoms with Crippen LogP contribution in [0, 0.1) is 0 Å². The molecule has 0 bridgehead atoms. The number of carbonyl (C=O) groups is 2. The van der Waals surface area contributed by atoms with E-state index in [0.29, 0.717) is 12.1 Å². The second-order valence-electron chi connectivity index (χ2n) is 6.34. The molecule has 1 heterocycles. The maximum Gasteiger partial charge on any atom is 0.312 e. The van der Waals surface area contributed by atoms with Gasteiger partial charge < -0.3 is 20.7 Å². The number of primary amides is 1. The molecule has 1 aliphatic heterocycles. The molecule has 3 rings (SSSR count). The SMILES string of the molecule is COc1ccc([C@@H]2CCCN2C(=O)c2ccc(CNC(N)=O)cc2)cc1. The Morgan fingerprint density at radius 3 is 2.46 bits per heavy atom. The van der Waals surface area contributed by atoms with Crippen molar-refractivity contribution in [2.24, 2.45) is 5.73 Å². The number of nitrogens with one attached hydrogen (secondary N) is 1. The first-order valence-electron chi connectivity index (χ1n) is 8.65. The van der Waals surface area contributed by atoms with Gasteiger partial charge in [-0.05, 0) is 48.2 Å². The van der Waals surface area contributed by atoms with Crippen LogP contribution in [-0.2, 0) is 6.54 Å². The monoisotopic (exact) mass is 353 g/mol. The molecule has 1 fully saturated rings. The fourth-order valence-corrected chi connectivity index (χ4v) is 3.30. The van der Waals surface area contributed by atoms with Crippen LogP contribution in [0.4, 0.5) is 4.79 Å². The number of urea groups is 1. The van der Waals surface area contributed by atoms with Crippen molar-refractivity contribution in [1.82, 2.24) is 10.2 Å². The van der Waals surface area contributed by atoms with Crippen molar-refractivity contribution in [3.63, 3.8) is 0 Å². The van der Waals surface area contributed by atoms with Gasteiger partial charge in [-0.25, -0.2) is 4.79 Å². The van der Waals surface area contributed by atoms with Gasteiger partial charge in [0, 0.05) is 18.7 Å². The fourth-order valence-electron chi connectivity index (χ4n) is 3.30. The number of nitrogens with zero attached hydrogens (tertiary/aromatic N) is 1. The summed E-state index contributed by atoms with van der Waals surface area (Å²) < 4.78 is 5.21. The zero-order chi connectivity index (χ0) is 18.5. The number of rotatable bonds is 5. The third-order valence-corrected chi connectivity index (χ3v) is 4.68. The zero-order valence-electron chi connectivity index (χ0n) is 14.8. The minimum absolute atomic E-state index is 0.0257. The van der Waals surface area contributed by atoms with E-state index in [9.17, 15) is 9.59 Å². The number of benzene rings is 2. The number of hydrogen-bond donors (Lipinski definition) is 2. The summed E-state index contributed by atoms with van der Waals surface area (Å²) in [6, 6.07) is 14.7. The molecule has 136 valence electrons. The van der Waals surface area contributed by atoms with Gasteiger partial charge in [-0.2, -0.15) is 0 Å². The second-order valence-corrected chi connectivity index (χ2v) is 6.34. The molecule has 0 unspecified atom stereocenters. The molecule has 0 spiro atoms. The molecule has 0 aromatic heterocycles. The molecule has 3 amide bonds. The molecule has 2 aromatic rings. The molecule has 1 saturated heterocycles. The highest BCUT2D eigenvalue weighted by atomic mass is 16.5. The van der Waals surface area contributed by atoms with Crippen molar-refractivity contribution in [2.45, 2.75) is 25.4 Å². The van der Waals surface area contributed by atoms with Gasteiger partial charge in [0.2, 0.25) is 0 Å². The highest BCUT2D eigenvalue weighted by Crippen LogP contribution is 2.33. The number of methoxy groups -OCH3 is 1. The van der Waals surface area contributed by atoms with Crippen LogP contribution in [-0.4, -0.2) is 30.5 Å². The highest BCUT2D eigenvalue weighted by Gasteiger charge is 2.30. The summed E-state index contributed by atoms with van der Waals surface area (Å²) in [7, 11) is 1.64. The first kappa shape index (κ1) is 17.8. The Morgan fingerprint density at radius 1 is 1.15 bits per heavy atom. The average molecular weight is 353 g/mol. The zero-order valence-corrected chi connectivity index (χ0v) is 14.8. The number of amides is 3. The summed E-state index contributed by atoms with van der Waals surface area (Å²) >= 11 is 0. The number of ether oxygens (including phenoxy) is 1. The number of hydrogen-bond acceptors (Lipinski definition) is 3. The summed E-state index contributed by atoms with van der Waals surface area (Å²) in [4.78, 5) is 25.6. The van der Waals surface area contributed by atoms with Crippen LogP contribution in [0.25, 0.3) is 0 Å². The Morgan fingerprint density at radius 2 is 1.85 bits per heavy atom. The van der Waals surface area contributed by atoms with Crippen molar-refractivity contribution >= 4 is 11.9 Å². The van der Waals surface area contributed by atoms with E-state index in [0.717, 1.165) is 36.3 Å². The third kappa shape index (κ3) is 3.96. The number of carbonyl (C=O) groups excluding carboxylic acids is 2. The molecule has 0 aliphatic carbocycles. The molecule has 26 heavy (non-hydrogen) atoms. The Labute approximate surface area is 152 Å². The molecule has 0 saturated carbocycles. The lowest BCUT2D eigenvalue weighted by atomic mass is 10.0. The van der Waals surface area contributed by atoms with Crippen molar-refractivity contribution in [3.05, 3.63) is 65.2 Å². The first-order chi connectivity index (χ1) is 12.6. The number of likely N-dealkylation sites (tertiary alicyclic amines) is 1. The molecular formula is C20H23N3O3. The lowest BCUT2D eigenvalue weighted by Crippen LogP contribution is -2.30. The Bertz CT molecular complexity index is 772. The smallest absolute Gasteiger partial charge is 0.312 e. The van der Waals surface area contributed by atoms with Gasteiger partial charge in [-0.1, -0.05) is 24.3 Å². The van der Waals surface area contributed by atoms with Crippen molar-refractivity contribution in [1.29, 1.82) is 0 Å². The summed E-state index contributed by atoms with van der Waals surface area (Å²) in [6.07, 6.45) is 1.95. The van der Waals surface area contributed by atoms with E-state index in [2.05, 4.69) is 5.32 Å². The van der Waals surface area contributed by atoms with Crippen LogP contribution in [0.5, 0.6) is 5.75 Å². The molecule has 6 heteroatoms. The third-order valence-electron chi connectivity index (χ3n) is 4.68. The Hall–Kier alpha value is -3.02. The minimum atomic E-state index is -0.565. The molecule has 3 N–H and O–H groups in total. The highest BCUT2D eigenvalue weighted by molar-refractivity contribution is 5.94. The molecule has 0 radical (unpaired) electrons. The van der Waals surface area contributed by atoms with Crippen LogP contribution in [0.2, 0.25) is 0 Å². The minimum Gasteiger partial charge on any atom is -0.497 e. The fraction of sp³-hybridized carbons (Fsp3) is 0.300. The predicted octanol–water partition coefficient (Wildman–Crippen LogP) is 2.84. The van der Waals surface area contributed by atoms with Gasteiger partial charge in [0.15, 0.2) is 0 Å². The predicted molar refractivity (Wildman–Crippen MR) is 98.9 cm³/mol. The van der Waals surface area contributed by atoms with Gasteiger partial charge >= 0.3 is 6.03 Å². The Kier molecular flexibility index (Phi) is 5.41. The van der Waals surface area contributed by atoms with Crippen molar-refractivity contribution < 1.29 is 14.3 Å². The van der Waals surface area contributed by atoms with E-state index in [1.54, 1.807) is 19.2 Å². The van der Waals surface area contributed by atoms with Crippen LogP contribution in [0.3, 0.4) is 0 Å². The molecule has 1 aliphatic rings. The van der Waals surface area contributed by atoms with Crippen LogP contribution < -0.4 is 15.8 Å². The first-order valence-corrected chi connectivity index (χ1v) is 8.65. The van der Waals surface area contributed by atoms with E-state index in [-0.39, 0.29) is 11.9 Å². The van der Waals surface area contributed by atoms with Crippen LogP contribution in [0.1, 0.15) is 40.4 Å². The quantitative estimate of drug-likeness (QED) is 0.867. The standard InChI is InChI=1S/C20H23N3O3/c1-26-17-10-8-15(9-11-17)18-3-2-12-23(18)19(24)16-6-4-14(5-7-16)13-22-20(21)25/h4-11,18H,2-3,12-13H2,1H3,(H3,21,22,25)/t18-/m0/s1. The maximum absolute atomic E-state index is 12.9. The molecule has 1 atom stereocenters. The van der Waals surface area contributed by atoms with E-state index in [1.807, 2.05) is 41.3 Å². The van der Waals surface area contributed by atoms with E-state index in [4.69, 9.17) is 10.5 Å². The van der Waals surface area contributed by atoms with Gasteiger partial charge in [0.05, 0.1) is 13.2 Å².